The van der Waals surface area contributed by atoms with Gasteiger partial charge in [0.2, 0.25) is 15.9 Å². The van der Waals surface area contributed by atoms with Crippen LogP contribution >= 0.6 is 0 Å². The van der Waals surface area contributed by atoms with E-state index < -0.39 is 10.0 Å². The van der Waals surface area contributed by atoms with Crippen LogP contribution in [-0.2, 0) is 21.4 Å². The van der Waals surface area contributed by atoms with Gasteiger partial charge in [0, 0.05) is 27.7 Å². The minimum absolute atomic E-state index is 0.0558. The second-order valence-corrected chi connectivity index (χ2v) is 7.88. The highest BCUT2D eigenvalue weighted by molar-refractivity contribution is 7.89. The lowest BCUT2D eigenvalue weighted by molar-refractivity contribution is -0.127. The van der Waals surface area contributed by atoms with Crippen molar-refractivity contribution in [1.82, 2.24) is 15.1 Å². The third-order valence-electron chi connectivity index (χ3n) is 3.82. The van der Waals surface area contributed by atoms with Gasteiger partial charge in [0.15, 0.2) is 5.96 Å². The lowest BCUT2D eigenvalue weighted by atomic mass is 10.2. The summed E-state index contributed by atoms with van der Waals surface area (Å²) in [6, 6.07) is 6.25. The Kier molecular flexibility index (Phi) is 8.96. The van der Waals surface area contributed by atoms with E-state index >= 15 is 0 Å². The SMILES string of the molecule is C=CCCCN(C)C(=NCc1ccc(S(N)(=O)=O)cc1)NCC(=O)N(C)C. The molecule has 150 valence electrons. The van der Waals surface area contributed by atoms with Gasteiger partial charge in [-0.15, -0.1) is 6.58 Å². The first-order valence-electron chi connectivity index (χ1n) is 8.57. The van der Waals surface area contributed by atoms with Gasteiger partial charge in [0.25, 0.3) is 0 Å². The Balaban J connectivity index is 2.85. The zero-order valence-electron chi connectivity index (χ0n) is 16.2. The zero-order valence-corrected chi connectivity index (χ0v) is 17.0. The number of aliphatic imine (C=N–C) groups is 1. The fraction of sp³-hybridized carbons (Fsp3) is 0.444. The summed E-state index contributed by atoms with van der Waals surface area (Å²) in [4.78, 5) is 19.9. The quantitative estimate of drug-likeness (QED) is 0.278. The predicted molar refractivity (Wildman–Crippen MR) is 108 cm³/mol. The maximum atomic E-state index is 11.8. The molecule has 1 aromatic carbocycles. The minimum atomic E-state index is -3.71. The Morgan fingerprint density at radius 1 is 1.26 bits per heavy atom. The van der Waals surface area contributed by atoms with E-state index in [-0.39, 0.29) is 17.3 Å². The van der Waals surface area contributed by atoms with Crippen molar-refractivity contribution < 1.29 is 13.2 Å². The number of carbonyl (C=O) groups excluding carboxylic acids is 1. The molecule has 8 nitrogen and oxygen atoms in total. The van der Waals surface area contributed by atoms with Crippen molar-refractivity contribution in [2.24, 2.45) is 10.1 Å². The number of benzene rings is 1. The van der Waals surface area contributed by atoms with Crippen molar-refractivity contribution in [3.8, 4) is 0 Å². The number of primary sulfonamides is 1. The van der Waals surface area contributed by atoms with E-state index in [1.165, 1.54) is 17.0 Å². The number of rotatable bonds is 9. The highest BCUT2D eigenvalue weighted by Crippen LogP contribution is 2.10. The van der Waals surface area contributed by atoms with Crippen LogP contribution in [-0.4, -0.2) is 64.3 Å². The zero-order chi connectivity index (χ0) is 20.4. The van der Waals surface area contributed by atoms with Gasteiger partial charge in [0.1, 0.15) is 0 Å². The predicted octanol–water partition coefficient (Wildman–Crippen LogP) is 0.766. The number of amides is 1. The molecule has 9 heteroatoms. The second-order valence-electron chi connectivity index (χ2n) is 6.32. The standard InChI is InChI=1S/C18H29N5O3S/c1-5-6-7-12-23(4)18(21-14-17(24)22(2)3)20-13-15-8-10-16(11-9-15)27(19,25)26/h5,8-11H,1,6-7,12-14H2,2-4H3,(H,20,21)(H2,19,25,26). The van der Waals surface area contributed by atoms with Crippen LogP contribution in [0.5, 0.6) is 0 Å². The molecule has 0 fully saturated rings. The summed E-state index contributed by atoms with van der Waals surface area (Å²) in [5.74, 6) is 0.546. The molecule has 0 spiro atoms. The molecule has 1 amide bonds. The van der Waals surface area contributed by atoms with Gasteiger partial charge in [-0.25, -0.2) is 18.5 Å². The number of allylic oxidation sites excluding steroid dienone is 1. The molecule has 1 rings (SSSR count). The molecule has 3 N–H and O–H groups in total. The van der Waals surface area contributed by atoms with Crippen LogP contribution in [0, 0.1) is 0 Å². The molecular formula is C18H29N5O3S. The van der Waals surface area contributed by atoms with E-state index in [1.54, 1.807) is 26.2 Å². The molecule has 0 unspecified atom stereocenters. The maximum Gasteiger partial charge on any atom is 0.241 e. The molecule has 0 saturated carbocycles. The van der Waals surface area contributed by atoms with Crippen molar-refractivity contribution in [3.63, 3.8) is 0 Å². The summed E-state index contributed by atoms with van der Waals surface area (Å²) in [6.45, 7) is 4.96. The van der Waals surface area contributed by atoms with Crippen LogP contribution < -0.4 is 10.5 Å². The first-order chi connectivity index (χ1) is 12.6. The first kappa shape index (κ1) is 22.7. The maximum absolute atomic E-state index is 11.8. The molecule has 27 heavy (non-hydrogen) atoms. The molecule has 0 atom stereocenters. The number of nitrogens with two attached hydrogens (primary N) is 1. The summed E-state index contributed by atoms with van der Waals surface area (Å²) in [5.41, 5.74) is 0.833. The van der Waals surface area contributed by atoms with Crippen molar-refractivity contribution in [3.05, 3.63) is 42.5 Å². The van der Waals surface area contributed by atoms with Gasteiger partial charge in [-0.2, -0.15) is 0 Å². The molecule has 1 aromatic rings. The third-order valence-corrected chi connectivity index (χ3v) is 4.75. The molecule has 0 saturated heterocycles. The van der Waals surface area contributed by atoms with Gasteiger partial charge in [-0.1, -0.05) is 18.2 Å². The average molecular weight is 396 g/mol. The Morgan fingerprint density at radius 3 is 2.41 bits per heavy atom. The number of hydrogen-bond acceptors (Lipinski definition) is 4. The topological polar surface area (TPSA) is 108 Å². The van der Waals surface area contributed by atoms with Crippen molar-refractivity contribution in [2.75, 3.05) is 34.2 Å². The van der Waals surface area contributed by atoms with Gasteiger partial charge in [-0.05, 0) is 30.5 Å². The van der Waals surface area contributed by atoms with E-state index in [0.29, 0.717) is 12.5 Å². The lowest BCUT2D eigenvalue weighted by Gasteiger charge is -2.23. The normalized spacial score (nSPS) is 11.8. The second kappa shape index (κ2) is 10.7. The molecule has 0 aliphatic rings. The number of sulfonamides is 1. The van der Waals surface area contributed by atoms with Crippen LogP contribution in [0.2, 0.25) is 0 Å². The summed E-state index contributed by atoms with van der Waals surface area (Å²) < 4.78 is 22.6. The number of nitrogens with zero attached hydrogens (tertiary/aromatic N) is 3. The Bertz CT molecular complexity index is 758. The van der Waals surface area contributed by atoms with Crippen LogP contribution in [0.3, 0.4) is 0 Å². The smallest absolute Gasteiger partial charge is 0.241 e. The van der Waals surface area contributed by atoms with Gasteiger partial charge >= 0.3 is 0 Å². The van der Waals surface area contributed by atoms with Crippen LogP contribution in [0.15, 0.2) is 46.8 Å². The van der Waals surface area contributed by atoms with Crippen molar-refractivity contribution in [2.45, 2.75) is 24.3 Å². The minimum Gasteiger partial charge on any atom is -0.347 e. The molecular weight excluding hydrogens is 366 g/mol. The fourth-order valence-corrected chi connectivity index (χ4v) is 2.67. The van der Waals surface area contributed by atoms with E-state index in [1.807, 2.05) is 18.0 Å². The number of nitrogens with one attached hydrogen (secondary N) is 1. The third kappa shape index (κ3) is 8.23. The van der Waals surface area contributed by atoms with Crippen molar-refractivity contribution in [1.29, 1.82) is 0 Å². The molecule has 0 radical (unpaired) electrons. The number of unbranched alkanes of at least 4 members (excludes halogenated alkanes) is 1. The highest BCUT2D eigenvalue weighted by Gasteiger charge is 2.10. The number of carbonyl (C=O) groups is 1. The van der Waals surface area contributed by atoms with Gasteiger partial charge in [-0.3, -0.25) is 4.79 Å². The summed E-state index contributed by atoms with van der Waals surface area (Å²) in [7, 11) is 1.58. The largest absolute Gasteiger partial charge is 0.347 e. The molecule has 0 aliphatic heterocycles. The average Bonchev–Trinajstić information content (AvgIpc) is 2.61. The van der Waals surface area contributed by atoms with E-state index in [9.17, 15) is 13.2 Å². The van der Waals surface area contributed by atoms with Crippen LogP contribution in [0.1, 0.15) is 18.4 Å². The van der Waals surface area contributed by atoms with Gasteiger partial charge in [0.05, 0.1) is 18.0 Å². The summed E-state index contributed by atoms with van der Waals surface area (Å²) in [6.07, 6.45) is 3.68. The molecule has 0 bridgehead atoms. The van der Waals surface area contributed by atoms with E-state index in [0.717, 1.165) is 24.9 Å². The monoisotopic (exact) mass is 395 g/mol. The summed E-state index contributed by atoms with van der Waals surface area (Å²) in [5, 5.41) is 8.18. The van der Waals surface area contributed by atoms with E-state index in [2.05, 4.69) is 16.9 Å². The Labute approximate surface area is 161 Å². The Hall–Kier alpha value is -2.39. The Morgan fingerprint density at radius 2 is 1.89 bits per heavy atom. The number of likely N-dealkylation sites (N-methyl/N-ethyl adjacent to an activating group) is 1. The van der Waals surface area contributed by atoms with Crippen molar-refractivity contribution >= 4 is 21.9 Å². The fourth-order valence-electron chi connectivity index (χ4n) is 2.15. The van der Waals surface area contributed by atoms with Crippen LogP contribution in [0.25, 0.3) is 0 Å². The van der Waals surface area contributed by atoms with Crippen LogP contribution in [0.4, 0.5) is 0 Å². The lowest BCUT2D eigenvalue weighted by Crippen LogP contribution is -2.44. The van der Waals surface area contributed by atoms with E-state index in [4.69, 9.17) is 5.14 Å². The number of hydrogen-bond donors (Lipinski definition) is 2. The molecule has 0 aliphatic carbocycles. The number of guanidine groups is 1. The van der Waals surface area contributed by atoms with Gasteiger partial charge < -0.3 is 15.1 Å². The highest BCUT2D eigenvalue weighted by atomic mass is 32.2. The summed E-state index contributed by atoms with van der Waals surface area (Å²) >= 11 is 0. The molecule has 0 heterocycles. The molecule has 0 aromatic heterocycles. The first-order valence-corrected chi connectivity index (χ1v) is 10.1.